The van der Waals surface area contributed by atoms with Gasteiger partial charge in [0.2, 0.25) is 0 Å². The van der Waals surface area contributed by atoms with Crippen molar-refractivity contribution in [3.63, 3.8) is 0 Å². The van der Waals surface area contributed by atoms with Crippen LogP contribution in [0.5, 0.6) is 23.0 Å². The third-order valence-corrected chi connectivity index (χ3v) is 4.33. The molecule has 1 amide bonds. The van der Waals surface area contributed by atoms with Crippen LogP contribution in [0.3, 0.4) is 0 Å². The Hall–Kier alpha value is -3.80. The van der Waals surface area contributed by atoms with E-state index in [9.17, 15) is 15.0 Å². The van der Waals surface area contributed by atoms with Gasteiger partial charge in [0.25, 0.3) is 5.91 Å². The number of hydrogen-bond acceptors (Lipinski definition) is 5. The highest BCUT2D eigenvalue weighted by molar-refractivity contribution is 5.91. The summed E-state index contributed by atoms with van der Waals surface area (Å²) in [5, 5.41) is 23.1. The van der Waals surface area contributed by atoms with E-state index in [1.807, 2.05) is 48.5 Å². The summed E-state index contributed by atoms with van der Waals surface area (Å²) >= 11 is 0. The van der Waals surface area contributed by atoms with Gasteiger partial charge in [0.1, 0.15) is 23.0 Å². The predicted molar refractivity (Wildman–Crippen MR) is 100 cm³/mol. The van der Waals surface area contributed by atoms with Gasteiger partial charge >= 0.3 is 0 Å². The lowest BCUT2D eigenvalue weighted by molar-refractivity contribution is -0.121. The number of fused-ring (bicyclic) bond motifs is 2. The van der Waals surface area contributed by atoms with Gasteiger partial charge in [-0.05, 0) is 24.3 Å². The number of benzene rings is 3. The van der Waals surface area contributed by atoms with Gasteiger partial charge in [-0.25, -0.2) is 5.43 Å². The first-order valence-corrected chi connectivity index (χ1v) is 8.34. The van der Waals surface area contributed by atoms with Crippen molar-refractivity contribution in [2.75, 3.05) is 0 Å². The minimum atomic E-state index is -0.559. The number of carbonyl (C=O) groups excluding carboxylic acids is 1. The second-order valence-electron chi connectivity index (χ2n) is 6.09. The molecule has 0 atom stereocenters. The van der Waals surface area contributed by atoms with E-state index in [1.165, 1.54) is 24.4 Å². The molecule has 3 aromatic rings. The minimum Gasteiger partial charge on any atom is -0.508 e. The molecule has 1 aliphatic heterocycles. The third kappa shape index (κ3) is 3.20. The molecule has 0 aromatic heterocycles. The monoisotopic (exact) mass is 360 g/mol. The zero-order valence-corrected chi connectivity index (χ0v) is 14.2. The van der Waals surface area contributed by atoms with Crippen LogP contribution >= 0.6 is 0 Å². The molecule has 0 unspecified atom stereocenters. The molecule has 3 aromatic carbocycles. The zero-order valence-electron chi connectivity index (χ0n) is 14.2. The molecule has 3 N–H and O–H groups in total. The van der Waals surface area contributed by atoms with Gasteiger partial charge in [-0.15, -0.1) is 0 Å². The molecule has 1 heterocycles. The first-order chi connectivity index (χ1) is 13.1. The maximum absolute atomic E-state index is 12.9. The average Bonchev–Trinajstić information content (AvgIpc) is 2.67. The van der Waals surface area contributed by atoms with Gasteiger partial charge in [-0.2, -0.15) is 5.10 Å². The van der Waals surface area contributed by atoms with Crippen molar-refractivity contribution in [2.45, 2.75) is 5.92 Å². The fourth-order valence-corrected chi connectivity index (χ4v) is 3.06. The molecule has 1 aliphatic rings. The average molecular weight is 360 g/mol. The van der Waals surface area contributed by atoms with Gasteiger partial charge in [-0.1, -0.05) is 36.4 Å². The number of hydrazone groups is 1. The highest BCUT2D eigenvalue weighted by Gasteiger charge is 2.32. The summed E-state index contributed by atoms with van der Waals surface area (Å²) in [6.07, 6.45) is 1.32. The maximum atomic E-state index is 12.9. The summed E-state index contributed by atoms with van der Waals surface area (Å²) in [5.74, 6) is 0.219. The molecule has 134 valence electrons. The van der Waals surface area contributed by atoms with E-state index >= 15 is 0 Å². The molecule has 0 bridgehead atoms. The molecule has 0 saturated heterocycles. The Morgan fingerprint density at radius 3 is 2.22 bits per heavy atom. The largest absolute Gasteiger partial charge is 0.508 e. The molecule has 0 aliphatic carbocycles. The van der Waals surface area contributed by atoms with Gasteiger partial charge in [0.15, 0.2) is 0 Å². The summed E-state index contributed by atoms with van der Waals surface area (Å²) < 4.78 is 5.88. The smallest absolute Gasteiger partial charge is 0.252 e. The van der Waals surface area contributed by atoms with E-state index in [-0.39, 0.29) is 17.4 Å². The first-order valence-electron chi connectivity index (χ1n) is 8.34. The number of phenolic OH excluding ortho intramolecular Hbond substituents is 2. The summed E-state index contributed by atoms with van der Waals surface area (Å²) in [4.78, 5) is 12.9. The number of para-hydroxylation sites is 2. The Morgan fingerprint density at radius 1 is 0.963 bits per heavy atom. The van der Waals surface area contributed by atoms with Crippen molar-refractivity contribution in [1.82, 2.24) is 5.43 Å². The minimum absolute atomic E-state index is 0.0518. The van der Waals surface area contributed by atoms with Crippen molar-refractivity contribution < 1.29 is 19.7 Å². The van der Waals surface area contributed by atoms with Crippen molar-refractivity contribution in [2.24, 2.45) is 5.10 Å². The van der Waals surface area contributed by atoms with Crippen LogP contribution in [0.25, 0.3) is 0 Å². The van der Waals surface area contributed by atoms with Crippen molar-refractivity contribution >= 4 is 12.1 Å². The number of rotatable bonds is 3. The fraction of sp³-hybridized carbons (Fsp3) is 0.0476. The van der Waals surface area contributed by atoms with Crippen molar-refractivity contribution in [3.05, 3.63) is 83.4 Å². The molecule has 6 heteroatoms. The zero-order chi connectivity index (χ0) is 18.8. The molecular formula is C21H16N2O4. The lowest BCUT2D eigenvalue weighted by Crippen LogP contribution is -2.28. The maximum Gasteiger partial charge on any atom is 0.252 e. The molecule has 27 heavy (non-hydrogen) atoms. The second kappa shape index (κ2) is 6.84. The highest BCUT2D eigenvalue weighted by atomic mass is 16.5. The Labute approximate surface area is 155 Å². The first kappa shape index (κ1) is 16.7. The number of ether oxygens (including phenoxy) is 1. The Bertz CT molecular complexity index is 1000. The van der Waals surface area contributed by atoms with Gasteiger partial charge in [0.05, 0.1) is 12.1 Å². The summed E-state index contributed by atoms with van der Waals surface area (Å²) in [7, 11) is 0. The SMILES string of the molecule is O=C(NN=Cc1ccc(O)cc1O)C1c2ccccc2Oc2ccccc21. The summed E-state index contributed by atoms with van der Waals surface area (Å²) in [5.41, 5.74) is 4.42. The van der Waals surface area contributed by atoms with Crippen LogP contribution < -0.4 is 10.2 Å². The number of phenols is 2. The van der Waals surface area contributed by atoms with Crippen LogP contribution in [0.4, 0.5) is 0 Å². The van der Waals surface area contributed by atoms with Crippen LogP contribution in [0.2, 0.25) is 0 Å². The molecule has 0 spiro atoms. The summed E-state index contributed by atoms with van der Waals surface area (Å²) in [6.45, 7) is 0. The third-order valence-electron chi connectivity index (χ3n) is 4.33. The van der Waals surface area contributed by atoms with E-state index in [0.717, 1.165) is 11.1 Å². The molecule has 0 saturated carbocycles. The highest BCUT2D eigenvalue weighted by Crippen LogP contribution is 2.43. The molecule has 0 fully saturated rings. The van der Waals surface area contributed by atoms with E-state index in [4.69, 9.17) is 4.74 Å². The van der Waals surface area contributed by atoms with Crippen molar-refractivity contribution in [1.29, 1.82) is 0 Å². The number of carbonyl (C=O) groups is 1. The normalized spacial score (nSPS) is 12.9. The van der Waals surface area contributed by atoms with Gasteiger partial charge in [-0.3, -0.25) is 4.79 Å². The summed E-state index contributed by atoms with van der Waals surface area (Å²) in [6, 6.07) is 18.9. The topological polar surface area (TPSA) is 91.2 Å². The Balaban J connectivity index is 1.61. The van der Waals surface area contributed by atoms with Crippen LogP contribution in [0.1, 0.15) is 22.6 Å². The lowest BCUT2D eigenvalue weighted by Gasteiger charge is -2.26. The van der Waals surface area contributed by atoms with E-state index in [1.54, 1.807) is 0 Å². The van der Waals surface area contributed by atoms with Gasteiger partial charge in [0, 0.05) is 22.8 Å². The van der Waals surface area contributed by atoms with E-state index < -0.39 is 5.92 Å². The number of aromatic hydroxyl groups is 2. The Morgan fingerprint density at radius 2 is 1.59 bits per heavy atom. The number of amides is 1. The number of nitrogens with one attached hydrogen (secondary N) is 1. The molecule has 6 nitrogen and oxygen atoms in total. The van der Waals surface area contributed by atoms with E-state index in [2.05, 4.69) is 10.5 Å². The fourth-order valence-electron chi connectivity index (χ4n) is 3.06. The number of hydrogen-bond donors (Lipinski definition) is 3. The predicted octanol–water partition coefficient (Wildman–Crippen LogP) is 3.49. The van der Waals surface area contributed by atoms with Crippen LogP contribution in [-0.4, -0.2) is 22.3 Å². The van der Waals surface area contributed by atoms with E-state index in [0.29, 0.717) is 17.1 Å². The molecular weight excluding hydrogens is 344 g/mol. The lowest BCUT2D eigenvalue weighted by atomic mass is 9.87. The van der Waals surface area contributed by atoms with Crippen LogP contribution in [-0.2, 0) is 4.79 Å². The van der Waals surface area contributed by atoms with Gasteiger partial charge < -0.3 is 14.9 Å². The van der Waals surface area contributed by atoms with Crippen LogP contribution in [0.15, 0.2) is 71.8 Å². The molecule has 0 radical (unpaired) electrons. The van der Waals surface area contributed by atoms with Crippen molar-refractivity contribution in [3.8, 4) is 23.0 Å². The standard InChI is InChI=1S/C21H16N2O4/c24-14-10-9-13(17(25)11-14)12-22-23-21(26)20-15-5-1-3-7-18(15)27-19-8-4-2-6-16(19)20/h1-12,20,24-25H,(H,23,26). The molecule has 4 rings (SSSR count). The number of nitrogens with zero attached hydrogens (tertiary/aromatic N) is 1. The quantitative estimate of drug-likeness (QED) is 0.493. The second-order valence-corrected chi connectivity index (χ2v) is 6.09. The van der Waals surface area contributed by atoms with Crippen LogP contribution in [0, 0.1) is 0 Å². The Kier molecular flexibility index (Phi) is 4.22.